The highest BCUT2D eigenvalue weighted by Gasteiger charge is 2.21. The van der Waals surface area contributed by atoms with Crippen LogP contribution in [0.25, 0.3) is 5.78 Å². The zero-order valence-electron chi connectivity index (χ0n) is 21.6. The zero-order chi connectivity index (χ0) is 30.1. The lowest BCUT2D eigenvalue weighted by Crippen LogP contribution is -2.36. The summed E-state index contributed by atoms with van der Waals surface area (Å²) >= 11 is 0. The molecule has 0 bridgehead atoms. The number of fused-ring (bicyclic) bond motifs is 1. The van der Waals surface area contributed by atoms with Crippen molar-refractivity contribution in [1.29, 1.82) is 0 Å². The van der Waals surface area contributed by atoms with Gasteiger partial charge in [-0.05, 0) is 52.2 Å². The molecule has 5 aromatic rings. The van der Waals surface area contributed by atoms with Crippen LogP contribution in [-0.2, 0) is 13.1 Å². The molecule has 2 aromatic heterocycles. The van der Waals surface area contributed by atoms with Crippen molar-refractivity contribution in [2.75, 3.05) is 11.1 Å². The second-order valence-corrected chi connectivity index (χ2v) is 9.12. The predicted molar refractivity (Wildman–Crippen MR) is 145 cm³/mol. The summed E-state index contributed by atoms with van der Waals surface area (Å²) < 4.78 is 15.3. The molecule has 0 saturated heterocycles. The van der Waals surface area contributed by atoms with Crippen LogP contribution in [0, 0.1) is 12.7 Å². The molecule has 42 heavy (non-hydrogen) atoms. The minimum absolute atomic E-state index is 0.0519. The molecule has 0 spiro atoms. The van der Waals surface area contributed by atoms with Crippen LogP contribution in [0.4, 0.5) is 21.5 Å². The van der Waals surface area contributed by atoms with E-state index in [1.807, 2.05) is 0 Å². The van der Waals surface area contributed by atoms with Gasteiger partial charge in [-0.1, -0.05) is 23.3 Å². The summed E-state index contributed by atoms with van der Waals surface area (Å²) in [5.74, 6) is -3.22. The summed E-state index contributed by atoms with van der Waals surface area (Å²) in [7, 11) is 0. The van der Waals surface area contributed by atoms with E-state index in [2.05, 4.69) is 36.5 Å². The topological polar surface area (TPSA) is 224 Å². The number of hydrogen-bond acceptors (Lipinski definition) is 11. The molecule has 0 atom stereocenters. The molecule has 16 heteroatoms. The number of aromatic carboxylic acids is 1. The molecule has 5 rings (SSSR count). The van der Waals surface area contributed by atoms with Crippen LogP contribution in [0.2, 0.25) is 0 Å². The summed E-state index contributed by atoms with van der Waals surface area (Å²) in [6.07, 6.45) is 0. The van der Waals surface area contributed by atoms with Gasteiger partial charge in [0.15, 0.2) is 0 Å². The van der Waals surface area contributed by atoms with Gasteiger partial charge in [0, 0.05) is 19.2 Å². The quantitative estimate of drug-likeness (QED) is 0.152. The van der Waals surface area contributed by atoms with Gasteiger partial charge in [0.25, 0.3) is 28.4 Å². The minimum Gasteiger partial charge on any atom is -0.478 e. The van der Waals surface area contributed by atoms with Crippen LogP contribution < -0.4 is 32.5 Å². The molecule has 212 valence electrons. The maximum absolute atomic E-state index is 14.3. The fourth-order valence-corrected chi connectivity index (χ4v) is 4.08. The van der Waals surface area contributed by atoms with E-state index < -0.39 is 34.5 Å². The van der Waals surface area contributed by atoms with E-state index in [-0.39, 0.29) is 52.9 Å². The number of tetrazole rings is 1. The second kappa shape index (κ2) is 10.8. The Labute approximate surface area is 233 Å². The standard InChI is InChI=1S/C26H20FN9O6/c1-11-6-12(2-4-14(11)25(41)42)9-30-24(40)18-8-17(32-26-33-34-35-36(18)26)23(39)29-10-13-3-5-15(27)16(7-13)31-20-19(28)21(37)22(20)38/h2-8,31H,9-10,28H2,1H3,(H,29,39)(H,30,40)(H,41,42). The highest BCUT2D eigenvalue weighted by Crippen LogP contribution is 2.22. The van der Waals surface area contributed by atoms with Crippen molar-refractivity contribution in [2.45, 2.75) is 20.0 Å². The number of rotatable bonds is 9. The Hall–Kier alpha value is -6.06. The lowest BCUT2D eigenvalue weighted by molar-refractivity contribution is 0.0695. The van der Waals surface area contributed by atoms with Gasteiger partial charge in [0.1, 0.15) is 28.6 Å². The number of carboxylic acid groups (broad SMARTS) is 1. The molecule has 6 N–H and O–H groups in total. The number of aromatic nitrogens is 5. The van der Waals surface area contributed by atoms with E-state index in [1.54, 1.807) is 19.1 Å². The fourth-order valence-electron chi connectivity index (χ4n) is 4.08. The summed E-state index contributed by atoms with van der Waals surface area (Å²) in [4.78, 5) is 64.3. The average Bonchev–Trinajstić information content (AvgIpc) is 3.46. The number of nitrogens with two attached hydrogens (primary N) is 1. The first-order chi connectivity index (χ1) is 20.0. The molecule has 2 amide bonds. The molecule has 0 aliphatic rings. The second-order valence-electron chi connectivity index (χ2n) is 9.12. The molecule has 15 nitrogen and oxygen atoms in total. The lowest BCUT2D eigenvalue weighted by Gasteiger charge is -2.13. The van der Waals surface area contributed by atoms with E-state index in [4.69, 9.17) is 5.73 Å². The third-order valence-electron chi connectivity index (χ3n) is 6.31. The van der Waals surface area contributed by atoms with Gasteiger partial charge in [-0.3, -0.25) is 19.2 Å². The van der Waals surface area contributed by atoms with Gasteiger partial charge in [-0.15, -0.1) is 0 Å². The first-order valence-corrected chi connectivity index (χ1v) is 12.2. The van der Waals surface area contributed by atoms with E-state index in [9.17, 15) is 33.5 Å². The van der Waals surface area contributed by atoms with Gasteiger partial charge in [-0.25, -0.2) is 14.2 Å². The monoisotopic (exact) mass is 573 g/mol. The van der Waals surface area contributed by atoms with E-state index >= 15 is 0 Å². The summed E-state index contributed by atoms with van der Waals surface area (Å²) in [5.41, 5.74) is 4.61. The Bertz CT molecular complexity index is 1980. The van der Waals surface area contributed by atoms with E-state index in [0.29, 0.717) is 16.7 Å². The van der Waals surface area contributed by atoms with Crippen LogP contribution in [0.3, 0.4) is 0 Å². The summed E-state index contributed by atoms with van der Waals surface area (Å²) in [6, 6.07) is 9.67. The van der Waals surface area contributed by atoms with Crippen molar-refractivity contribution in [1.82, 2.24) is 35.7 Å². The molecule has 0 aliphatic carbocycles. The maximum Gasteiger partial charge on any atom is 0.335 e. The zero-order valence-corrected chi connectivity index (χ0v) is 21.6. The third-order valence-corrected chi connectivity index (χ3v) is 6.31. The lowest BCUT2D eigenvalue weighted by atomic mass is 10.1. The number of aryl methyl sites for hydroxylation is 1. The van der Waals surface area contributed by atoms with Crippen LogP contribution in [0.1, 0.15) is 48.0 Å². The van der Waals surface area contributed by atoms with Crippen LogP contribution in [-0.4, -0.2) is 47.9 Å². The first-order valence-electron chi connectivity index (χ1n) is 12.2. The molecule has 0 unspecified atom stereocenters. The molecule has 0 saturated carbocycles. The molecule has 0 aliphatic heterocycles. The van der Waals surface area contributed by atoms with Gasteiger partial charge < -0.3 is 26.8 Å². The molecule has 0 radical (unpaired) electrons. The number of amides is 2. The van der Waals surface area contributed by atoms with Gasteiger partial charge in [-0.2, -0.15) is 4.52 Å². The number of benzene rings is 2. The number of nitrogens with one attached hydrogen (secondary N) is 3. The van der Waals surface area contributed by atoms with E-state index in [1.165, 1.54) is 24.3 Å². The first kappa shape index (κ1) is 27.5. The summed E-state index contributed by atoms with van der Waals surface area (Å²) in [6.45, 7) is 1.60. The Morgan fingerprint density at radius 2 is 1.67 bits per heavy atom. The summed E-state index contributed by atoms with van der Waals surface area (Å²) in [5, 5.41) is 27.9. The number of nitrogen functional groups attached to an aromatic ring is 1. The largest absolute Gasteiger partial charge is 0.478 e. The van der Waals surface area contributed by atoms with Crippen molar-refractivity contribution >= 4 is 40.6 Å². The number of carboxylic acids is 1. The molecule has 3 aromatic carbocycles. The molecule has 2 heterocycles. The maximum atomic E-state index is 14.3. The average molecular weight is 574 g/mol. The molecular formula is C26H20FN9O6. The van der Waals surface area contributed by atoms with Crippen molar-refractivity contribution in [2.24, 2.45) is 0 Å². The molecule has 0 fully saturated rings. The Morgan fingerprint density at radius 3 is 2.36 bits per heavy atom. The third kappa shape index (κ3) is 5.23. The van der Waals surface area contributed by atoms with Gasteiger partial charge in [0.2, 0.25) is 0 Å². The minimum atomic E-state index is -1.06. The fraction of sp³-hybridized carbons (Fsp3) is 0.115. The van der Waals surface area contributed by atoms with Crippen molar-refractivity contribution < 1.29 is 23.9 Å². The Kier molecular flexibility index (Phi) is 7.10. The number of anilines is 3. The highest BCUT2D eigenvalue weighted by molar-refractivity contribution is 5.98. The van der Waals surface area contributed by atoms with Crippen LogP contribution in [0.5, 0.6) is 0 Å². The van der Waals surface area contributed by atoms with Crippen molar-refractivity contribution in [3.8, 4) is 0 Å². The SMILES string of the molecule is Cc1cc(CNC(=O)c2cc(C(=O)NCc3ccc(F)c(Nc4c(N)c(=O)c4=O)c3)nc3nnnn23)ccc1C(=O)O. The van der Waals surface area contributed by atoms with Crippen molar-refractivity contribution in [3.63, 3.8) is 0 Å². The van der Waals surface area contributed by atoms with Gasteiger partial charge in [0.05, 0.1) is 11.3 Å². The number of nitrogens with zero attached hydrogens (tertiary/aromatic N) is 5. The Morgan fingerprint density at radius 1 is 0.976 bits per heavy atom. The number of halogens is 1. The number of carbonyl (C=O) groups is 3. The normalized spacial score (nSPS) is 11.0. The smallest absolute Gasteiger partial charge is 0.335 e. The highest BCUT2D eigenvalue weighted by atomic mass is 19.1. The van der Waals surface area contributed by atoms with E-state index in [0.717, 1.165) is 10.6 Å². The van der Waals surface area contributed by atoms with Gasteiger partial charge >= 0.3 is 5.97 Å². The van der Waals surface area contributed by atoms with Crippen molar-refractivity contribution in [3.05, 3.63) is 102 Å². The number of carbonyl (C=O) groups excluding carboxylic acids is 2. The molecular weight excluding hydrogens is 553 g/mol. The van der Waals surface area contributed by atoms with Crippen LogP contribution in [0.15, 0.2) is 52.1 Å². The number of hydrogen-bond donors (Lipinski definition) is 5. The Balaban J connectivity index is 1.30. The predicted octanol–water partition coefficient (Wildman–Crippen LogP) is 0.447. The van der Waals surface area contributed by atoms with Crippen LogP contribution >= 0.6 is 0 Å².